The van der Waals surface area contributed by atoms with Gasteiger partial charge in [0, 0.05) is 12.6 Å². The van der Waals surface area contributed by atoms with Gasteiger partial charge in [0.25, 0.3) is 0 Å². The molecule has 0 unspecified atom stereocenters. The Hall–Kier alpha value is -1.70. The van der Waals surface area contributed by atoms with Gasteiger partial charge in [-0.3, -0.25) is 0 Å². The van der Waals surface area contributed by atoms with Crippen LogP contribution in [0.3, 0.4) is 0 Å². The first-order chi connectivity index (χ1) is 7.76. The number of aromatic nitrogens is 2. The molecule has 1 aliphatic carbocycles. The molecule has 1 aliphatic rings. The van der Waals surface area contributed by atoms with Gasteiger partial charge in [-0.25, -0.2) is 4.68 Å². The van der Waals surface area contributed by atoms with Gasteiger partial charge in [0.2, 0.25) is 0 Å². The largest absolute Gasteiger partial charge is 0.383 e. The number of nitrogens with one attached hydrogen (secondary N) is 1. The predicted octanol–water partition coefficient (Wildman–Crippen LogP) is 1.71. The normalized spacial score (nSPS) is 15.5. The van der Waals surface area contributed by atoms with Crippen LogP contribution in [-0.4, -0.2) is 15.8 Å². The Morgan fingerprint density at radius 1 is 1.62 bits per heavy atom. The lowest BCUT2D eigenvalue weighted by molar-refractivity contribution is 0.443. The van der Waals surface area contributed by atoms with Gasteiger partial charge in [0.15, 0.2) is 5.82 Å². The maximum absolute atomic E-state index is 9.06. The van der Waals surface area contributed by atoms with Crippen LogP contribution in [0.1, 0.15) is 38.2 Å². The smallest absolute Gasteiger partial charge is 0.168 e. The summed E-state index contributed by atoms with van der Waals surface area (Å²) >= 11 is 0. The molecule has 1 aromatic heterocycles. The molecule has 0 atom stereocenters. The number of nitrogens with zero attached hydrogens (tertiary/aromatic N) is 3. The van der Waals surface area contributed by atoms with Gasteiger partial charge in [0.1, 0.15) is 17.5 Å². The number of nitrogens with two attached hydrogens (primary N) is 1. The minimum atomic E-state index is 0.469. The third-order valence-electron chi connectivity index (χ3n) is 2.98. The molecule has 0 saturated heterocycles. The topological polar surface area (TPSA) is 79.7 Å². The van der Waals surface area contributed by atoms with Crippen LogP contribution < -0.4 is 11.1 Å². The van der Waals surface area contributed by atoms with E-state index in [1.54, 1.807) is 4.68 Å². The second kappa shape index (κ2) is 4.44. The number of rotatable bonds is 4. The molecule has 2 rings (SSSR count). The summed E-state index contributed by atoms with van der Waals surface area (Å²) in [7, 11) is 0. The molecule has 1 fully saturated rings. The zero-order valence-corrected chi connectivity index (χ0v) is 9.53. The molecule has 0 radical (unpaired) electrons. The quantitative estimate of drug-likeness (QED) is 0.808. The highest BCUT2D eigenvalue weighted by Gasteiger charge is 2.22. The van der Waals surface area contributed by atoms with E-state index in [2.05, 4.69) is 23.4 Å². The first kappa shape index (κ1) is 10.8. The van der Waals surface area contributed by atoms with E-state index in [0.717, 1.165) is 25.8 Å². The van der Waals surface area contributed by atoms with E-state index in [-0.39, 0.29) is 0 Å². The molecule has 1 saturated carbocycles. The average Bonchev–Trinajstić information content (AvgIpc) is 2.50. The van der Waals surface area contributed by atoms with Crippen molar-refractivity contribution < 1.29 is 0 Å². The highest BCUT2D eigenvalue weighted by atomic mass is 15.3. The molecule has 1 heterocycles. The minimum Gasteiger partial charge on any atom is -0.383 e. The van der Waals surface area contributed by atoms with Crippen LogP contribution in [0.2, 0.25) is 0 Å². The van der Waals surface area contributed by atoms with Crippen molar-refractivity contribution in [1.29, 1.82) is 5.26 Å². The molecule has 0 bridgehead atoms. The van der Waals surface area contributed by atoms with Crippen LogP contribution in [0.5, 0.6) is 0 Å². The summed E-state index contributed by atoms with van der Waals surface area (Å²) < 4.78 is 1.71. The summed E-state index contributed by atoms with van der Waals surface area (Å²) in [5.74, 6) is 1.13. The fourth-order valence-corrected chi connectivity index (χ4v) is 1.81. The number of aryl methyl sites for hydroxylation is 1. The second-order valence-electron chi connectivity index (χ2n) is 4.22. The fraction of sp³-hybridized carbons (Fsp3) is 0.636. The van der Waals surface area contributed by atoms with Crippen molar-refractivity contribution in [3.05, 3.63) is 5.56 Å². The van der Waals surface area contributed by atoms with Crippen LogP contribution >= 0.6 is 0 Å². The van der Waals surface area contributed by atoms with Gasteiger partial charge in [-0.1, -0.05) is 6.92 Å². The lowest BCUT2D eigenvalue weighted by Gasteiger charge is -2.26. The van der Waals surface area contributed by atoms with Crippen molar-refractivity contribution in [1.82, 2.24) is 9.78 Å². The van der Waals surface area contributed by atoms with E-state index in [1.165, 1.54) is 6.42 Å². The Morgan fingerprint density at radius 2 is 2.38 bits per heavy atom. The Bertz CT molecular complexity index is 411. The predicted molar refractivity (Wildman–Crippen MR) is 62.9 cm³/mol. The van der Waals surface area contributed by atoms with Gasteiger partial charge in [-0.15, -0.1) is 0 Å². The maximum Gasteiger partial charge on any atom is 0.168 e. The number of nitrogen functional groups attached to an aromatic ring is 1. The van der Waals surface area contributed by atoms with Crippen molar-refractivity contribution in [2.75, 3.05) is 11.1 Å². The molecule has 5 nitrogen and oxygen atoms in total. The van der Waals surface area contributed by atoms with Gasteiger partial charge < -0.3 is 11.1 Å². The molecule has 1 aromatic rings. The summed E-state index contributed by atoms with van der Waals surface area (Å²) in [5, 5.41) is 16.7. The van der Waals surface area contributed by atoms with Gasteiger partial charge >= 0.3 is 0 Å². The highest BCUT2D eigenvalue weighted by Crippen LogP contribution is 2.27. The molecule has 3 N–H and O–H groups in total. The van der Waals surface area contributed by atoms with Crippen molar-refractivity contribution in [3.63, 3.8) is 0 Å². The van der Waals surface area contributed by atoms with Gasteiger partial charge in [-0.2, -0.15) is 10.4 Å². The average molecular weight is 219 g/mol. The first-order valence-electron chi connectivity index (χ1n) is 5.79. The highest BCUT2D eigenvalue weighted by molar-refractivity contribution is 5.64. The Morgan fingerprint density at radius 3 is 2.88 bits per heavy atom. The first-order valence-corrected chi connectivity index (χ1v) is 5.79. The zero-order chi connectivity index (χ0) is 11.5. The maximum atomic E-state index is 9.06. The Labute approximate surface area is 95.2 Å². The molecular formula is C11H17N5. The van der Waals surface area contributed by atoms with Crippen molar-refractivity contribution in [2.24, 2.45) is 0 Å². The number of hydrogen-bond donors (Lipinski definition) is 2. The number of nitriles is 1. The van der Waals surface area contributed by atoms with Crippen LogP contribution in [0.15, 0.2) is 0 Å². The third kappa shape index (κ3) is 1.83. The summed E-state index contributed by atoms with van der Waals surface area (Å²) in [5.41, 5.74) is 6.36. The lowest BCUT2D eigenvalue weighted by atomic mass is 9.93. The SMILES string of the molecule is CCCn1nc(NC2CCC2)c(C#N)c1N. The van der Waals surface area contributed by atoms with Crippen molar-refractivity contribution in [3.8, 4) is 6.07 Å². The number of hydrogen-bond acceptors (Lipinski definition) is 4. The second-order valence-corrected chi connectivity index (χ2v) is 4.22. The van der Waals surface area contributed by atoms with Crippen LogP contribution in [0, 0.1) is 11.3 Å². The van der Waals surface area contributed by atoms with Crippen LogP contribution in [-0.2, 0) is 6.54 Å². The Balaban J connectivity index is 2.21. The van der Waals surface area contributed by atoms with Crippen LogP contribution in [0.4, 0.5) is 11.6 Å². The molecule has 5 heteroatoms. The van der Waals surface area contributed by atoms with Crippen LogP contribution in [0.25, 0.3) is 0 Å². The molecule has 86 valence electrons. The summed E-state index contributed by atoms with van der Waals surface area (Å²) in [6.45, 7) is 2.82. The van der Waals surface area contributed by atoms with E-state index in [4.69, 9.17) is 11.0 Å². The van der Waals surface area contributed by atoms with E-state index >= 15 is 0 Å². The Kier molecular flexibility index (Phi) is 3.00. The van der Waals surface area contributed by atoms with Gasteiger partial charge in [0.05, 0.1) is 0 Å². The van der Waals surface area contributed by atoms with E-state index in [0.29, 0.717) is 23.2 Å². The summed E-state index contributed by atoms with van der Waals surface area (Å²) in [6, 6.07) is 2.59. The lowest BCUT2D eigenvalue weighted by Crippen LogP contribution is -2.27. The van der Waals surface area contributed by atoms with E-state index in [9.17, 15) is 0 Å². The molecule has 16 heavy (non-hydrogen) atoms. The molecular weight excluding hydrogens is 202 g/mol. The molecule has 0 aromatic carbocycles. The molecule has 0 aliphatic heterocycles. The van der Waals surface area contributed by atoms with Crippen molar-refractivity contribution >= 4 is 11.6 Å². The van der Waals surface area contributed by atoms with E-state index < -0.39 is 0 Å². The molecule has 0 amide bonds. The van der Waals surface area contributed by atoms with Gasteiger partial charge in [-0.05, 0) is 25.7 Å². The summed E-state index contributed by atoms with van der Waals surface area (Å²) in [4.78, 5) is 0. The monoisotopic (exact) mass is 219 g/mol. The third-order valence-corrected chi connectivity index (χ3v) is 2.98. The molecule has 0 spiro atoms. The fourth-order valence-electron chi connectivity index (χ4n) is 1.81. The summed E-state index contributed by atoms with van der Waals surface area (Å²) in [6.07, 6.45) is 4.53. The van der Waals surface area contributed by atoms with Crippen molar-refractivity contribution in [2.45, 2.75) is 45.2 Å². The van der Waals surface area contributed by atoms with E-state index in [1.807, 2.05) is 0 Å². The standard InChI is InChI=1S/C11H17N5/c1-2-6-16-10(13)9(7-12)11(15-16)14-8-4-3-5-8/h8H,2-6,13H2,1H3,(H,14,15). The number of anilines is 2. The minimum absolute atomic E-state index is 0.469. The zero-order valence-electron chi connectivity index (χ0n) is 9.53.